The van der Waals surface area contributed by atoms with E-state index >= 15 is 0 Å². The van der Waals surface area contributed by atoms with E-state index in [0.717, 1.165) is 38.5 Å². The third kappa shape index (κ3) is 6.37. The molecule has 33 heavy (non-hydrogen) atoms. The summed E-state index contributed by atoms with van der Waals surface area (Å²) in [5, 5.41) is 7.98. The van der Waals surface area contributed by atoms with Crippen molar-refractivity contribution in [3.63, 3.8) is 0 Å². The number of piperidine rings is 1. The Morgan fingerprint density at radius 3 is 2.61 bits per heavy atom. The highest BCUT2D eigenvalue weighted by molar-refractivity contribution is 7.09. The van der Waals surface area contributed by atoms with E-state index in [9.17, 15) is 14.0 Å². The van der Waals surface area contributed by atoms with Crippen LogP contribution >= 0.6 is 22.9 Å². The number of hydrogen-bond acceptors (Lipinski definition) is 5. The molecule has 2 aromatic carbocycles. The molecule has 0 saturated carbocycles. The lowest BCUT2D eigenvalue weighted by molar-refractivity contribution is 0.0904. The number of benzene rings is 2. The lowest BCUT2D eigenvalue weighted by atomic mass is 10.0. The number of carbonyl (C=O) groups excluding carboxylic acids is 2. The first-order valence-corrected chi connectivity index (χ1v) is 12.0. The molecule has 1 aromatic heterocycles. The van der Waals surface area contributed by atoms with Crippen molar-refractivity contribution < 1.29 is 14.0 Å². The summed E-state index contributed by atoms with van der Waals surface area (Å²) in [5.41, 5.74) is 1.90. The molecule has 6 nitrogen and oxygen atoms in total. The molecule has 4 rings (SSSR count). The van der Waals surface area contributed by atoms with Gasteiger partial charge in [0.05, 0.1) is 11.6 Å². The molecule has 0 spiro atoms. The molecule has 1 fully saturated rings. The average molecular weight is 487 g/mol. The number of nitrogens with one attached hydrogen (secondary N) is 2. The fraction of sp³-hybridized carbons (Fsp3) is 0.292. The first-order chi connectivity index (χ1) is 16.0. The van der Waals surface area contributed by atoms with Crippen molar-refractivity contribution >= 4 is 34.8 Å². The van der Waals surface area contributed by atoms with Gasteiger partial charge in [-0.2, -0.15) is 0 Å². The molecular formula is C24H24ClFN4O2S. The number of amides is 2. The minimum Gasteiger partial charge on any atom is -0.348 e. The molecule has 1 saturated heterocycles. The van der Waals surface area contributed by atoms with E-state index in [1.807, 2.05) is 18.2 Å². The molecule has 0 aliphatic carbocycles. The fourth-order valence-corrected chi connectivity index (χ4v) is 4.62. The zero-order valence-corrected chi connectivity index (χ0v) is 19.5. The topological polar surface area (TPSA) is 74.3 Å². The van der Waals surface area contributed by atoms with E-state index in [4.69, 9.17) is 11.6 Å². The van der Waals surface area contributed by atoms with Crippen LogP contribution in [0.1, 0.15) is 44.3 Å². The molecule has 1 aliphatic heterocycles. The average Bonchev–Trinajstić information content (AvgIpc) is 3.30. The van der Waals surface area contributed by atoms with Crippen molar-refractivity contribution in [1.29, 1.82) is 0 Å². The van der Waals surface area contributed by atoms with Gasteiger partial charge in [0.2, 0.25) is 0 Å². The Morgan fingerprint density at radius 1 is 1.12 bits per heavy atom. The second-order valence-electron chi connectivity index (χ2n) is 7.95. The number of rotatable bonds is 7. The van der Waals surface area contributed by atoms with Crippen LogP contribution in [0.5, 0.6) is 0 Å². The van der Waals surface area contributed by atoms with Crippen LogP contribution in [0.2, 0.25) is 5.02 Å². The fourth-order valence-electron chi connectivity index (χ4n) is 3.73. The van der Waals surface area contributed by atoms with Gasteiger partial charge in [-0.1, -0.05) is 41.9 Å². The van der Waals surface area contributed by atoms with Crippen LogP contribution in [0, 0.1) is 5.82 Å². The Labute approximate surface area is 200 Å². The maximum Gasteiger partial charge on any atom is 0.270 e. The maximum atomic E-state index is 13.3. The van der Waals surface area contributed by atoms with Crippen molar-refractivity contribution in [1.82, 2.24) is 20.5 Å². The number of hydrogen-bond donors (Lipinski definition) is 2. The molecule has 0 bridgehead atoms. The van der Waals surface area contributed by atoms with Gasteiger partial charge >= 0.3 is 0 Å². The molecule has 9 heteroatoms. The number of likely N-dealkylation sites (tertiary alicyclic amines) is 1. The monoisotopic (exact) mass is 486 g/mol. The number of nitrogens with zero attached hydrogens (tertiary/aromatic N) is 2. The number of thiazole rings is 1. The van der Waals surface area contributed by atoms with Crippen LogP contribution in [0.4, 0.5) is 4.39 Å². The van der Waals surface area contributed by atoms with Crippen molar-refractivity contribution in [3.05, 3.63) is 86.6 Å². The van der Waals surface area contributed by atoms with Gasteiger partial charge in [0.15, 0.2) is 0 Å². The van der Waals surface area contributed by atoms with Crippen LogP contribution in [0.3, 0.4) is 0 Å². The van der Waals surface area contributed by atoms with Gasteiger partial charge < -0.3 is 10.6 Å². The number of carbonyl (C=O) groups is 2. The first kappa shape index (κ1) is 23.4. The summed E-state index contributed by atoms with van der Waals surface area (Å²) in [6.07, 6.45) is 1.79. The van der Waals surface area contributed by atoms with E-state index in [1.54, 1.807) is 5.38 Å². The predicted octanol–water partition coefficient (Wildman–Crippen LogP) is 4.26. The van der Waals surface area contributed by atoms with Crippen molar-refractivity contribution in [2.24, 2.45) is 0 Å². The highest BCUT2D eigenvalue weighted by Crippen LogP contribution is 2.17. The molecule has 0 unspecified atom stereocenters. The first-order valence-electron chi connectivity index (χ1n) is 10.7. The highest BCUT2D eigenvalue weighted by Gasteiger charge is 2.22. The third-order valence-electron chi connectivity index (χ3n) is 5.54. The lowest BCUT2D eigenvalue weighted by Gasteiger charge is -2.32. The third-order valence-corrected chi connectivity index (χ3v) is 6.68. The molecule has 2 heterocycles. The Hall–Kier alpha value is -2.81. The van der Waals surface area contributed by atoms with E-state index in [0.29, 0.717) is 10.7 Å². The lowest BCUT2D eigenvalue weighted by Crippen LogP contribution is -2.44. The number of aromatic nitrogens is 1. The second-order valence-corrected chi connectivity index (χ2v) is 9.30. The molecule has 1 aliphatic rings. The Morgan fingerprint density at radius 2 is 1.88 bits per heavy atom. The molecule has 2 N–H and O–H groups in total. The van der Waals surface area contributed by atoms with Crippen LogP contribution in [-0.4, -0.2) is 40.8 Å². The highest BCUT2D eigenvalue weighted by atomic mass is 35.5. The van der Waals surface area contributed by atoms with Gasteiger partial charge in [0.25, 0.3) is 11.8 Å². The van der Waals surface area contributed by atoms with E-state index in [1.165, 1.54) is 29.0 Å². The number of halogens is 2. The minimum absolute atomic E-state index is 0.109. The summed E-state index contributed by atoms with van der Waals surface area (Å²) in [7, 11) is 0. The Kier molecular flexibility index (Phi) is 7.69. The predicted molar refractivity (Wildman–Crippen MR) is 127 cm³/mol. The maximum absolute atomic E-state index is 13.3. The van der Waals surface area contributed by atoms with Crippen LogP contribution in [0.25, 0.3) is 0 Å². The van der Waals surface area contributed by atoms with E-state index in [-0.39, 0.29) is 35.0 Å². The summed E-state index contributed by atoms with van der Waals surface area (Å²) in [5.74, 6) is -1.17. The summed E-state index contributed by atoms with van der Waals surface area (Å²) in [6.45, 7) is 2.96. The largest absolute Gasteiger partial charge is 0.348 e. The quantitative estimate of drug-likeness (QED) is 0.523. The van der Waals surface area contributed by atoms with Crippen LogP contribution in [0.15, 0.2) is 53.9 Å². The van der Waals surface area contributed by atoms with Gasteiger partial charge in [-0.15, -0.1) is 11.3 Å². The summed E-state index contributed by atoms with van der Waals surface area (Å²) >= 11 is 7.03. The van der Waals surface area contributed by atoms with Crippen molar-refractivity contribution in [2.45, 2.75) is 32.0 Å². The summed E-state index contributed by atoms with van der Waals surface area (Å²) in [4.78, 5) is 31.6. The molecular weight excluding hydrogens is 463 g/mol. The SMILES string of the molecule is O=C(NCc1nc(C(=O)NC2CCN(Cc3ccccc3)CC2)cs1)c1ccc(F)c(Cl)c1. The van der Waals surface area contributed by atoms with Gasteiger partial charge in [-0.25, -0.2) is 9.37 Å². The van der Waals surface area contributed by atoms with Gasteiger partial charge in [-0.05, 0) is 36.6 Å². The van der Waals surface area contributed by atoms with Crippen molar-refractivity contribution in [2.75, 3.05) is 13.1 Å². The van der Waals surface area contributed by atoms with E-state index in [2.05, 4.69) is 32.7 Å². The van der Waals surface area contributed by atoms with Gasteiger partial charge in [-0.3, -0.25) is 14.5 Å². The smallest absolute Gasteiger partial charge is 0.270 e. The van der Waals surface area contributed by atoms with Crippen LogP contribution in [-0.2, 0) is 13.1 Å². The zero-order valence-electron chi connectivity index (χ0n) is 17.9. The molecule has 3 aromatic rings. The van der Waals surface area contributed by atoms with E-state index < -0.39 is 5.82 Å². The summed E-state index contributed by atoms with van der Waals surface area (Å²) in [6, 6.07) is 14.3. The minimum atomic E-state index is -0.578. The molecule has 0 radical (unpaired) electrons. The normalized spacial score (nSPS) is 14.7. The van der Waals surface area contributed by atoms with Gasteiger partial charge in [0, 0.05) is 36.6 Å². The second kappa shape index (κ2) is 10.9. The van der Waals surface area contributed by atoms with Gasteiger partial charge in [0.1, 0.15) is 16.5 Å². The summed E-state index contributed by atoms with van der Waals surface area (Å²) < 4.78 is 13.3. The Bertz CT molecular complexity index is 1120. The molecule has 0 atom stereocenters. The molecule has 172 valence electrons. The molecule has 2 amide bonds. The zero-order chi connectivity index (χ0) is 23.2. The van der Waals surface area contributed by atoms with Crippen molar-refractivity contribution in [3.8, 4) is 0 Å². The Balaban J connectivity index is 1.23. The standard InChI is InChI=1S/C24H24ClFN4O2S/c25-19-12-17(6-7-20(19)26)23(31)27-13-22-29-21(15-33-22)24(32)28-18-8-10-30(11-9-18)14-16-4-2-1-3-5-16/h1-7,12,15,18H,8-11,13-14H2,(H,27,31)(H,28,32). The van der Waals surface area contributed by atoms with Crippen LogP contribution < -0.4 is 10.6 Å².